The average Bonchev–Trinajstić information content (AvgIpc) is 2.65. The second-order valence-electron chi connectivity index (χ2n) is 4.15. The van der Waals surface area contributed by atoms with Crippen LogP contribution in [0.15, 0.2) is 0 Å². The van der Waals surface area contributed by atoms with Crippen molar-refractivity contribution < 1.29 is 14.3 Å². The lowest BCUT2D eigenvalue weighted by molar-refractivity contribution is -0.148. The molecule has 1 atom stereocenters. The van der Waals surface area contributed by atoms with Gasteiger partial charge in [0.25, 0.3) is 0 Å². The molecule has 1 fully saturated rings. The van der Waals surface area contributed by atoms with Gasteiger partial charge in [0.2, 0.25) is 5.91 Å². The fourth-order valence-corrected chi connectivity index (χ4v) is 3.13. The first-order valence-electron chi connectivity index (χ1n) is 5.55. The first kappa shape index (κ1) is 13.4. The monoisotopic (exact) mass is 245 g/mol. The zero-order valence-electron chi connectivity index (χ0n) is 10.1. The fourth-order valence-electron chi connectivity index (χ4n) is 1.82. The third-order valence-electron chi connectivity index (χ3n) is 2.69. The Balaban J connectivity index is 2.50. The third kappa shape index (κ3) is 3.14. The predicted octanol–water partition coefficient (Wildman–Crippen LogP) is 1.29. The van der Waals surface area contributed by atoms with Crippen LogP contribution >= 0.6 is 11.8 Å². The quantitative estimate of drug-likeness (QED) is 0.700. The molecule has 1 heterocycles. The van der Waals surface area contributed by atoms with E-state index in [1.54, 1.807) is 25.7 Å². The van der Waals surface area contributed by atoms with Gasteiger partial charge in [-0.25, -0.2) is 0 Å². The molecule has 1 saturated heterocycles. The van der Waals surface area contributed by atoms with E-state index in [1.165, 1.54) is 4.90 Å². The van der Waals surface area contributed by atoms with E-state index in [2.05, 4.69) is 0 Å². The molecule has 1 aliphatic heterocycles. The van der Waals surface area contributed by atoms with Crippen LogP contribution in [0, 0.1) is 0 Å². The first-order chi connectivity index (χ1) is 7.49. The van der Waals surface area contributed by atoms with Gasteiger partial charge in [0, 0.05) is 7.05 Å². The van der Waals surface area contributed by atoms with E-state index in [9.17, 15) is 9.59 Å². The number of nitrogens with zero attached hydrogens (tertiary/aromatic N) is 1. The summed E-state index contributed by atoms with van der Waals surface area (Å²) < 4.78 is 4.47. The summed E-state index contributed by atoms with van der Waals surface area (Å²) in [5.41, 5.74) is 0. The lowest BCUT2D eigenvalue weighted by atomic mass is 10.0. The van der Waals surface area contributed by atoms with Gasteiger partial charge in [-0.05, 0) is 32.4 Å². The highest BCUT2D eigenvalue weighted by Crippen LogP contribution is 2.38. The highest BCUT2D eigenvalue weighted by molar-refractivity contribution is 8.01. The molecule has 0 aromatic rings. The first-order valence-corrected chi connectivity index (χ1v) is 6.53. The van der Waals surface area contributed by atoms with E-state index in [4.69, 9.17) is 4.74 Å². The zero-order chi connectivity index (χ0) is 12.2. The fraction of sp³-hybridized carbons (Fsp3) is 0.818. The summed E-state index contributed by atoms with van der Waals surface area (Å²) >= 11 is 1.68. The van der Waals surface area contributed by atoms with Gasteiger partial charge < -0.3 is 9.64 Å². The molecule has 0 aromatic heterocycles. The van der Waals surface area contributed by atoms with Gasteiger partial charge in [-0.3, -0.25) is 9.59 Å². The Morgan fingerprint density at radius 2 is 2.19 bits per heavy atom. The van der Waals surface area contributed by atoms with Crippen LogP contribution in [0.25, 0.3) is 0 Å². The summed E-state index contributed by atoms with van der Waals surface area (Å²) in [7, 11) is 1.66. The smallest absolute Gasteiger partial charge is 0.325 e. The van der Waals surface area contributed by atoms with Crippen molar-refractivity contribution in [2.45, 2.75) is 31.4 Å². The minimum absolute atomic E-state index is 0.0306. The van der Waals surface area contributed by atoms with Crippen LogP contribution in [0.2, 0.25) is 0 Å². The van der Waals surface area contributed by atoms with Crippen molar-refractivity contribution in [3.8, 4) is 0 Å². The lowest BCUT2D eigenvalue weighted by Gasteiger charge is -2.27. The molecule has 0 bridgehead atoms. The van der Waals surface area contributed by atoms with E-state index in [0.29, 0.717) is 6.61 Å². The summed E-state index contributed by atoms with van der Waals surface area (Å²) in [5, 5.41) is 0. The molecule has 5 heteroatoms. The van der Waals surface area contributed by atoms with Gasteiger partial charge >= 0.3 is 5.97 Å². The number of ether oxygens (including phenoxy) is 1. The zero-order valence-corrected chi connectivity index (χ0v) is 10.9. The molecule has 1 amide bonds. The lowest BCUT2D eigenvalue weighted by Crippen LogP contribution is -2.44. The largest absolute Gasteiger partial charge is 0.465 e. The van der Waals surface area contributed by atoms with Gasteiger partial charge in [-0.2, -0.15) is 0 Å². The maximum absolute atomic E-state index is 12.1. The highest BCUT2D eigenvalue weighted by atomic mass is 32.2. The molecular weight excluding hydrogens is 226 g/mol. The van der Waals surface area contributed by atoms with Crippen LogP contribution < -0.4 is 0 Å². The summed E-state index contributed by atoms with van der Waals surface area (Å²) in [6.45, 7) is 4.11. The van der Waals surface area contributed by atoms with Gasteiger partial charge in [-0.15, -0.1) is 11.8 Å². The predicted molar refractivity (Wildman–Crippen MR) is 64.4 cm³/mol. The minimum atomic E-state index is -0.346. The van der Waals surface area contributed by atoms with Gasteiger partial charge in [0.1, 0.15) is 6.54 Å². The van der Waals surface area contributed by atoms with Crippen LogP contribution in [0.5, 0.6) is 0 Å². The number of hydrogen-bond donors (Lipinski definition) is 0. The molecule has 0 radical (unpaired) electrons. The second-order valence-corrected chi connectivity index (χ2v) is 5.75. The SMILES string of the molecule is CCOC(=O)CN(C)C(=O)C1(C)CCCS1. The molecule has 92 valence electrons. The Labute approximate surface area is 101 Å². The molecule has 0 aromatic carbocycles. The Hall–Kier alpha value is -0.710. The number of carbonyl (C=O) groups is 2. The number of esters is 1. The maximum Gasteiger partial charge on any atom is 0.325 e. The van der Waals surface area contributed by atoms with Crippen molar-refractivity contribution in [1.29, 1.82) is 0 Å². The molecule has 1 aliphatic rings. The average molecular weight is 245 g/mol. The van der Waals surface area contributed by atoms with Crippen LogP contribution in [-0.4, -0.2) is 47.5 Å². The molecule has 0 aliphatic carbocycles. The molecule has 16 heavy (non-hydrogen) atoms. The van der Waals surface area contributed by atoms with Crippen molar-refractivity contribution in [1.82, 2.24) is 4.90 Å². The summed E-state index contributed by atoms with van der Waals surface area (Å²) in [6.07, 6.45) is 1.96. The number of rotatable bonds is 4. The molecule has 0 saturated carbocycles. The number of thioether (sulfide) groups is 1. The molecule has 1 unspecified atom stereocenters. The molecule has 0 spiro atoms. The maximum atomic E-state index is 12.1. The van der Waals surface area contributed by atoms with Crippen LogP contribution in [0.4, 0.5) is 0 Å². The molecular formula is C11H19NO3S. The van der Waals surface area contributed by atoms with Crippen molar-refractivity contribution in [2.24, 2.45) is 0 Å². The Morgan fingerprint density at radius 1 is 1.50 bits per heavy atom. The van der Waals surface area contributed by atoms with Crippen molar-refractivity contribution in [2.75, 3.05) is 26.0 Å². The van der Waals surface area contributed by atoms with Crippen molar-refractivity contribution in [3.63, 3.8) is 0 Å². The van der Waals surface area contributed by atoms with E-state index in [1.807, 2.05) is 6.92 Å². The van der Waals surface area contributed by atoms with Gasteiger partial charge in [0.15, 0.2) is 0 Å². The second kappa shape index (κ2) is 5.57. The van der Waals surface area contributed by atoms with Crippen molar-refractivity contribution >= 4 is 23.6 Å². The van der Waals surface area contributed by atoms with Gasteiger partial charge in [-0.1, -0.05) is 0 Å². The number of hydrogen-bond acceptors (Lipinski definition) is 4. The normalized spacial score (nSPS) is 24.2. The van der Waals surface area contributed by atoms with E-state index in [0.717, 1.165) is 18.6 Å². The standard InChI is InChI=1S/C11H19NO3S/c1-4-15-9(13)8-12(3)10(14)11(2)6-5-7-16-11/h4-8H2,1-3H3. The van der Waals surface area contributed by atoms with Crippen LogP contribution in [0.1, 0.15) is 26.7 Å². The number of amides is 1. The minimum Gasteiger partial charge on any atom is -0.465 e. The number of likely N-dealkylation sites (N-methyl/N-ethyl adjacent to an activating group) is 1. The molecule has 0 N–H and O–H groups in total. The van der Waals surface area contributed by atoms with Crippen LogP contribution in [0.3, 0.4) is 0 Å². The van der Waals surface area contributed by atoms with E-state index < -0.39 is 0 Å². The van der Waals surface area contributed by atoms with Crippen LogP contribution in [-0.2, 0) is 14.3 Å². The van der Waals surface area contributed by atoms with E-state index >= 15 is 0 Å². The van der Waals surface area contributed by atoms with E-state index in [-0.39, 0.29) is 23.2 Å². The Morgan fingerprint density at radius 3 is 2.69 bits per heavy atom. The third-order valence-corrected chi connectivity index (χ3v) is 4.20. The molecule has 1 rings (SSSR count). The van der Waals surface area contributed by atoms with Gasteiger partial charge in [0.05, 0.1) is 11.4 Å². The number of carbonyl (C=O) groups excluding carboxylic acids is 2. The summed E-state index contributed by atoms with van der Waals surface area (Å²) in [5.74, 6) is 0.711. The van der Waals surface area contributed by atoms with Crippen molar-refractivity contribution in [3.05, 3.63) is 0 Å². The highest BCUT2D eigenvalue weighted by Gasteiger charge is 2.39. The Bertz CT molecular complexity index is 274. The topological polar surface area (TPSA) is 46.6 Å². The summed E-state index contributed by atoms with van der Waals surface area (Å²) in [6, 6.07) is 0. The molecule has 4 nitrogen and oxygen atoms in total. The summed E-state index contributed by atoms with van der Waals surface area (Å²) in [4.78, 5) is 24.8. The Kier molecular flexibility index (Phi) is 4.65.